The van der Waals surface area contributed by atoms with Crippen LogP contribution in [-0.4, -0.2) is 52.8 Å². The Bertz CT molecular complexity index is 520. The lowest BCUT2D eigenvalue weighted by molar-refractivity contribution is -0.144. The minimum Gasteiger partial charge on any atom is -0.339 e. The number of carbonyl (C=O) groups is 2. The highest BCUT2D eigenvalue weighted by molar-refractivity contribution is 5.80. The third-order valence-corrected chi connectivity index (χ3v) is 4.78. The summed E-state index contributed by atoms with van der Waals surface area (Å²) in [5.41, 5.74) is 1.14. The second-order valence-electron chi connectivity index (χ2n) is 6.19. The van der Waals surface area contributed by atoms with Crippen molar-refractivity contribution in [2.24, 2.45) is 5.92 Å². The van der Waals surface area contributed by atoms with Crippen LogP contribution in [0.4, 0.5) is 0 Å². The van der Waals surface area contributed by atoms with Crippen molar-refractivity contribution in [3.63, 3.8) is 0 Å². The van der Waals surface area contributed by atoms with Crippen molar-refractivity contribution in [3.8, 4) is 0 Å². The van der Waals surface area contributed by atoms with Crippen molar-refractivity contribution in [3.05, 3.63) is 30.1 Å². The van der Waals surface area contributed by atoms with Gasteiger partial charge in [-0.1, -0.05) is 6.42 Å². The number of pyridine rings is 1. The SMILES string of the molecule is O=C(CCc1ccncc1)N1CCN(C(=O)C2CCC2)CC1. The van der Waals surface area contributed by atoms with Crippen LogP contribution < -0.4 is 0 Å². The van der Waals surface area contributed by atoms with Gasteiger partial charge in [-0.3, -0.25) is 14.6 Å². The smallest absolute Gasteiger partial charge is 0.225 e. The van der Waals surface area contributed by atoms with Crippen molar-refractivity contribution in [2.45, 2.75) is 32.1 Å². The Morgan fingerprint density at radius 1 is 1.05 bits per heavy atom. The van der Waals surface area contributed by atoms with Crippen molar-refractivity contribution < 1.29 is 9.59 Å². The molecule has 0 N–H and O–H groups in total. The first-order chi connectivity index (χ1) is 10.7. The van der Waals surface area contributed by atoms with Crippen molar-refractivity contribution in [2.75, 3.05) is 26.2 Å². The first kappa shape index (κ1) is 15.0. The molecule has 3 rings (SSSR count). The Labute approximate surface area is 131 Å². The summed E-state index contributed by atoms with van der Waals surface area (Å²) in [4.78, 5) is 32.3. The van der Waals surface area contributed by atoms with Gasteiger partial charge in [0, 0.05) is 50.9 Å². The topological polar surface area (TPSA) is 53.5 Å². The van der Waals surface area contributed by atoms with E-state index in [9.17, 15) is 9.59 Å². The average molecular weight is 301 g/mol. The van der Waals surface area contributed by atoms with Gasteiger partial charge in [-0.05, 0) is 37.0 Å². The van der Waals surface area contributed by atoms with Crippen LogP contribution in [0.15, 0.2) is 24.5 Å². The number of rotatable bonds is 4. The summed E-state index contributed by atoms with van der Waals surface area (Å²) in [5, 5.41) is 0. The van der Waals surface area contributed by atoms with Crippen molar-refractivity contribution in [1.82, 2.24) is 14.8 Å². The molecule has 118 valence electrons. The lowest BCUT2D eigenvalue weighted by Gasteiger charge is -2.38. The molecule has 1 aromatic heterocycles. The van der Waals surface area contributed by atoms with E-state index in [1.165, 1.54) is 6.42 Å². The van der Waals surface area contributed by atoms with E-state index in [1.807, 2.05) is 21.9 Å². The van der Waals surface area contributed by atoms with Gasteiger partial charge in [0.25, 0.3) is 0 Å². The molecule has 1 saturated heterocycles. The molecule has 2 amide bonds. The lowest BCUT2D eigenvalue weighted by atomic mass is 9.84. The molecule has 0 radical (unpaired) electrons. The van der Waals surface area contributed by atoms with E-state index in [-0.39, 0.29) is 11.8 Å². The van der Waals surface area contributed by atoms with Gasteiger partial charge in [0.1, 0.15) is 0 Å². The van der Waals surface area contributed by atoms with Gasteiger partial charge in [0.05, 0.1) is 0 Å². The number of aromatic nitrogens is 1. The predicted octanol–water partition coefficient (Wildman–Crippen LogP) is 1.49. The standard InChI is InChI=1S/C17H23N3O2/c21-16(5-4-14-6-8-18-9-7-14)19-10-12-20(13-11-19)17(22)15-2-1-3-15/h6-9,15H,1-5,10-13H2. The Morgan fingerprint density at radius 3 is 2.27 bits per heavy atom. The number of aryl methyl sites for hydroxylation is 1. The minimum atomic E-state index is 0.188. The number of hydrogen-bond acceptors (Lipinski definition) is 3. The number of nitrogens with zero attached hydrogens (tertiary/aromatic N) is 3. The Balaban J connectivity index is 1.42. The summed E-state index contributed by atoms with van der Waals surface area (Å²) in [6, 6.07) is 3.89. The van der Waals surface area contributed by atoms with Crippen LogP contribution in [-0.2, 0) is 16.0 Å². The molecular weight excluding hydrogens is 278 g/mol. The van der Waals surface area contributed by atoms with E-state index >= 15 is 0 Å². The van der Waals surface area contributed by atoms with E-state index in [1.54, 1.807) is 12.4 Å². The Hall–Kier alpha value is -1.91. The maximum absolute atomic E-state index is 12.3. The summed E-state index contributed by atoms with van der Waals surface area (Å²) in [6.45, 7) is 2.73. The van der Waals surface area contributed by atoms with Gasteiger partial charge in [0.2, 0.25) is 11.8 Å². The van der Waals surface area contributed by atoms with Gasteiger partial charge in [-0.15, -0.1) is 0 Å². The Morgan fingerprint density at radius 2 is 1.68 bits per heavy atom. The van der Waals surface area contributed by atoms with E-state index in [2.05, 4.69) is 4.98 Å². The first-order valence-corrected chi connectivity index (χ1v) is 8.19. The van der Waals surface area contributed by atoms with Crippen LogP contribution in [0.1, 0.15) is 31.2 Å². The molecule has 1 saturated carbocycles. The summed E-state index contributed by atoms with van der Waals surface area (Å²) in [6.07, 6.45) is 8.07. The lowest BCUT2D eigenvalue weighted by Crippen LogP contribution is -2.52. The van der Waals surface area contributed by atoms with Gasteiger partial charge >= 0.3 is 0 Å². The zero-order valence-corrected chi connectivity index (χ0v) is 12.9. The molecule has 5 heteroatoms. The number of carbonyl (C=O) groups excluding carboxylic acids is 2. The Kier molecular flexibility index (Phi) is 4.71. The second kappa shape index (κ2) is 6.90. The number of piperazine rings is 1. The fourth-order valence-electron chi connectivity index (χ4n) is 3.05. The summed E-state index contributed by atoms with van der Waals surface area (Å²) in [5.74, 6) is 0.747. The summed E-state index contributed by atoms with van der Waals surface area (Å²) < 4.78 is 0. The maximum atomic E-state index is 12.3. The zero-order chi connectivity index (χ0) is 15.4. The van der Waals surface area contributed by atoms with Gasteiger partial charge < -0.3 is 9.80 Å². The molecule has 0 atom stereocenters. The van der Waals surface area contributed by atoms with Crippen LogP contribution in [0.2, 0.25) is 0 Å². The van der Waals surface area contributed by atoms with Crippen LogP contribution in [0, 0.1) is 5.92 Å². The number of amides is 2. The maximum Gasteiger partial charge on any atom is 0.225 e. The van der Waals surface area contributed by atoms with E-state index in [0.29, 0.717) is 38.5 Å². The van der Waals surface area contributed by atoms with Crippen molar-refractivity contribution in [1.29, 1.82) is 0 Å². The van der Waals surface area contributed by atoms with E-state index in [4.69, 9.17) is 0 Å². The molecular formula is C17H23N3O2. The highest BCUT2D eigenvalue weighted by atomic mass is 16.2. The van der Waals surface area contributed by atoms with Gasteiger partial charge in [-0.25, -0.2) is 0 Å². The van der Waals surface area contributed by atoms with Crippen molar-refractivity contribution >= 4 is 11.8 Å². The fraction of sp³-hybridized carbons (Fsp3) is 0.588. The van der Waals surface area contributed by atoms with Crippen LogP contribution in [0.3, 0.4) is 0 Å². The summed E-state index contributed by atoms with van der Waals surface area (Å²) in [7, 11) is 0. The fourth-order valence-corrected chi connectivity index (χ4v) is 3.05. The predicted molar refractivity (Wildman–Crippen MR) is 83.1 cm³/mol. The first-order valence-electron chi connectivity index (χ1n) is 8.19. The minimum absolute atomic E-state index is 0.188. The third-order valence-electron chi connectivity index (χ3n) is 4.78. The molecule has 2 heterocycles. The van der Waals surface area contributed by atoms with E-state index in [0.717, 1.165) is 24.8 Å². The third kappa shape index (κ3) is 3.46. The van der Waals surface area contributed by atoms with E-state index < -0.39 is 0 Å². The zero-order valence-electron chi connectivity index (χ0n) is 12.9. The molecule has 22 heavy (non-hydrogen) atoms. The molecule has 0 aromatic carbocycles. The molecule has 2 fully saturated rings. The normalized spacial score (nSPS) is 18.9. The highest BCUT2D eigenvalue weighted by Crippen LogP contribution is 2.28. The second-order valence-corrected chi connectivity index (χ2v) is 6.19. The quantitative estimate of drug-likeness (QED) is 0.846. The van der Waals surface area contributed by atoms with Gasteiger partial charge in [-0.2, -0.15) is 0 Å². The molecule has 1 aromatic rings. The summed E-state index contributed by atoms with van der Waals surface area (Å²) >= 11 is 0. The molecule has 0 unspecified atom stereocenters. The highest BCUT2D eigenvalue weighted by Gasteiger charge is 2.31. The monoisotopic (exact) mass is 301 g/mol. The molecule has 2 aliphatic rings. The molecule has 0 bridgehead atoms. The molecule has 0 spiro atoms. The largest absolute Gasteiger partial charge is 0.339 e. The number of hydrogen-bond donors (Lipinski definition) is 0. The average Bonchev–Trinajstić information content (AvgIpc) is 2.52. The molecule has 1 aliphatic carbocycles. The molecule has 1 aliphatic heterocycles. The van der Waals surface area contributed by atoms with Crippen LogP contribution in [0.25, 0.3) is 0 Å². The van der Waals surface area contributed by atoms with Gasteiger partial charge in [0.15, 0.2) is 0 Å². The van der Waals surface area contributed by atoms with Crippen LogP contribution >= 0.6 is 0 Å². The molecule has 5 nitrogen and oxygen atoms in total. The van der Waals surface area contributed by atoms with Crippen LogP contribution in [0.5, 0.6) is 0 Å².